The van der Waals surface area contributed by atoms with Crippen LogP contribution in [0.1, 0.15) is 38.7 Å². The Labute approximate surface area is 109 Å². The minimum Gasteiger partial charge on any atom is -0.327 e. The molecular weight excluding hydrogens is 232 g/mol. The zero-order valence-electron chi connectivity index (χ0n) is 10.6. The molecule has 0 amide bonds. The lowest BCUT2D eigenvalue weighted by molar-refractivity contribution is 0.220. The molecule has 94 valence electrons. The van der Waals surface area contributed by atoms with Crippen LogP contribution in [0.2, 0.25) is 5.02 Å². The van der Waals surface area contributed by atoms with Gasteiger partial charge < -0.3 is 5.73 Å². The third-order valence-electron chi connectivity index (χ3n) is 4.17. The van der Waals surface area contributed by atoms with E-state index in [-0.39, 0.29) is 6.04 Å². The van der Waals surface area contributed by atoms with Crippen LogP contribution >= 0.6 is 11.6 Å². The molecular formula is C14H21ClN2. The Morgan fingerprint density at radius 2 is 2.35 bits per heavy atom. The molecule has 0 radical (unpaired) electrons. The van der Waals surface area contributed by atoms with Gasteiger partial charge >= 0.3 is 0 Å². The summed E-state index contributed by atoms with van der Waals surface area (Å²) in [6.07, 6.45) is 8.17. The first-order valence-electron chi connectivity index (χ1n) is 6.35. The van der Waals surface area contributed by atoms with Gasteiger partial charge in [0.2, 0.25) is 0 Å². The molecule has 1 aliphatic carbocycles. The van der Waals surface area contributed by atoms with Crippen molar-refractivity contribution >= 4 is 11.6 Å². The largest absolute Gasteiger partial charge is 0.327 e. The molecule has 2 unspecified atom stereocenters. The predicted molar refractivity (Wildman–Crippen MR) is 72.0 cm³/mol. The van der Waals surface area contributed by atoms with Crippen LogP contribution in [-0.2, 0) is 6.42 Å². The third kappa shape index (κ3) is 2.80. The highest BCUT2D eigenvalue weighted by molar-refractivity contribution is 6.31. The second-order valence-electron chi connectivity index (χ2n) is 5.82. The summed E-state index contributed by atoms with van der Waals surface area (Å²) in [5, 5.41) is 0.735. The van der Waals surface area contributed by atoms with E-state index in [9.17, 15) is 0 Å². The Bertz CT molecular complexity index is 390. The Balaban J connectivity index is 2.07. The molecule has 1 aliphatic rings. The van der Waals surface area contributed by atoms with Crippen molar-refractivity contribution in [3.8, 4) is 0 Å². The summed E-state index contributed by atoms with van der Waals surface area (Å²) in [5.74, 6) is 0.603. The van der Waals surface area contributed by atoms with Crippen LogP contribution in [-0.4, -0.2) is 11.0 Å². The molecule has 1 aromatic heterocycles. The van der Waals surface area contributed by atoms with Gasteiger partial charge in [0, 0.05) is 18.4 Å². The fourth-order valence-electron chi connectivity index (χ4n) is 3.11. The molecule has 2 rings (SSSR count). The van der Waals surface area contributed by atoms with E-state index in [0.29, 0.717) is 11.3 Å². The van der Waals surface area contributed by atoms with Crippen LogP contribution < -0.4 is 5.73 Å². The van der Waals surface area contributed by atoms with E-state index in [2.05, 4.69) is 18.8 Å². The van der Waals surface area contributed by atoms with Gasteiger partial charge in [-0.1, -0.05) is 31.9 Å². The zero-order chi connectivity index (χ0) is 12.5. The lowest BCUT2D eigenvalue weighted by Gasteiger charge is -2.32. The van der Waals surface area contributed by atoms with E-state index in [0.717, 1.165) is 17.0 Å². The van der Waals surface area contributed by atoms with Crippen molar-refractivity contribution in [3.05, 3.63) is 29.0 Å². The van der Waals surface area contributed by atoms with E-state index >= 15 is 0 Å². The maximum atomic E-state index is 6.38. The lowest BCUT2D eigenvalue weighted by atomic mass is 9.76. The van der Waals surface area contributed by atoms with Gasteiger partial charge in [-0.15, -0.1) is 0 Å². The average molecular weight is 253 g/mol. The van der Waals surface area contributed by atoms with Crippen molar-refractivity contribution < 1.29 is 0 Å². The topological polar surface area (TPSA) is 38.9 Å². The van der Waals surface area contributed by atoms with Gasteiger partial charge in [0.05, 0.1) is 5.02 Å². The Hall–Kier alpha value is -0.600. The highest BCUT2D eigenvalue weighted by Gasteiger charge is 2.38. The SMILES string of the molecule is CC1(C)CCCC1C(N)Cc1ccncc1Cl. The van der Waals surface area contributed by atoms with Crippen LogP contribution in [0.15, 0.2) is 18.5 Å². The molecule has 1 aromatic rings. The molecule has 1 saturated carbocycles. The number of rotatable bonds is 3. The number of halogens is 1. The van der Waals surface area contributed by atoms with Crippen molar-refractivity contribution in [3.63, 3.8) is 0 Å². The Morgan fingerprint density at radius 1 is 1.59 bits per heavy atom. The summed E-state index contributed by atoms with van der Waals surface area (Å²) >= 11 is 6.13. The molecule has 0 saturated heterocycles. The molecule has 1 fully saturated rings. The van der Waals surface area contributed by atoms with Crippen LogP contribution in [0.4, 0.5) is 0 Å². The normalized spacial score (nSPS) is 24.8. The maximum absolute atomic E-state index is 6.38. The molecule has 0 aliphatic heterocycles. The van der Waals surface area contributed by atoms with Crippen molar-refractivity contribution in [1.82, 2.24) is 4.98 Å². The number of nitrogens with two attached hydrogens (primary N) is 1. The predicted octanol–water partition coefficient (Wildman–Crippen LogP) is 3.43. The minimum absolute atomic E-state index is 0.201. The van der Waals surface area contributed by atoms with E-state index in [1.54, 1.807) is 12.4 Å². The Kier molecular flexibility index (Phi) is 3.74. The Morgan fingerprint density at radius 3 is 2.94 bits per heavy atom. The number of pyridine rings is 1. The molecule has 3 heteroatoms. The van der Waals surface area contributed by atoms with Crippen LogP contribution in [0, 0.1) is 11.3 Å². The number of nitrogens with zero attached hydrogens (tertiary/aromatic N) is 1. The fourth-order valence-corrected chi connectivity index (χ4v) is 3.31. The van der Waals surface area contributed by atoms with E-state index < -0.39 is 0 Å². The van der Waals surface area contributed by atoms with Gasteiger partial charge in [0.1, 0.15) is 0 Å². The highest BCUT2D eigenvalue weighted by Crippen LogP contribution is 2.44. The molecule has 2 atom stereocenters. The number of aromatic nitrogens is 1. The smallest absolute Gasteiger partial charge is 0.0621 e. The molecule has 1 heterocycles. The zero-order valence-corrected chi connectivity index (χ0v) is 11.4. The summed E-state index contributed by atoms with van der Waals surface area (Å²) in [7, 11) is 0. The monoisotopic (exact) mass is 252 g/mol. The average Bonchev–Trinajstić information content (AvgIpc) is 2.61. The number of hydrogen-bond acceptors (Lipinski definition) is 2. The van der Waals surface area contributed by atoms with Crippen LogP contribution in [0.5, 0.6) is 0 Å². The second-order valence-corrected chi connectivity index (χ2v) is 6.23. The molecule has 0 spiro atoms. The summed E-state index contributed by atoms with van der Waals surface area (Å²) in [6.45, 7) is 4.66. The van der Waals surface area contributed by atoms with E-state index in [1.165, 1.54) is 19.3 Å². The van der Waals surface area contributed by atoms with Gasteiger partial charge in [-0.3, -0.25) is 4.98 Å². The first-order valence-corrected chi connectivity index (χ1v) is 6.72. The van der Waals surface area contributed by atoms with Crippen LogP contribution in [0.3, 0.4) is 0 Å². The molecule has 2 N–H and O–H groups in total. The van der Waals surface area contributed by atoms with Crippen molar-refractivity contribution in [1.29, 1.82) is 0 Å². The molecule has 17 heavy (non-hydrogen) atoms. The summed E-state index contributed by atoms with van der Waals surface area (Å²) < 4.78 is 0. The summed E-state index contributed by atoms with van der Waals surface area (Å²) in [4.78, 5) is 4.01. The minimum atomic E-state index is 0.201. The summed E-state index contributed by atoms with van der Waals surface area (Å²) in [5.41, 5.74) is 7.87. The third-order valence-corrected chi connectivity index (χ3v) is 4.51. The first kappa shape index (κ1) is 12.8. The lowest BCUT2D eigenvalue weighted by Crippen LogP contribution is -2.38. The number of hydrogen-bond donors (Lipinski definition) is 1. The van der Waals surface area contributed by atoms with Gasteiger partial charge in [0.15, 0.2) is 0 Å². The standard InChI is InChI=1S/C14H21ClN2/c1-14(2)6-3-4-11(14)13(16)8-10-5-7-17-9-12(10)15/h5,7,9,11,13H,3-4,6,8,16H2,1-2H3. The molecule has 2 nitrogen and oxygen atoms in total. The van der Waals surface area contributed by atoms with Crippen molar-refractivity contribution in [2.24, 2.45) is 17.1 Å². The van der Waals surface area contributed by atoms with Gasteiger partial charge in [-0.2, -0.15) is 0 Å². The van der Waals surface area contributed by atoms with Gasteiger partial charge in [0.25, 0.3) is 0 Å². The molecule has 0 bridgehead atoms. The van der Waals surface area contributed by atoms with E-state index in [4.69, 9.17) is 17.3 Å². The van der Waals surface area contributed by atoms with Crippen molar-refractivity contribution in [2.75, 3.05) is 0 Å². The first-order chi connectivity index (χ1) is 8.00. The quantitative estimate of drug-likeness (QED) is 0.895. The maximum Gasteiger partial charge on any atom is 0.0621 e. The van der Waals surface area contributed by atoms with Gasteiger partial charge in [-0.05, 0) is 42.2 Å². The fraction of sp³-hybridized carbons (Fsp3) is 0.643. The van der Waals surface area contributed by atoms with Gasteiger partial charge in [-0.25, -0.2) is 0 Å². The van der Waals surface area contributed by atoms with E-state index in [1.807, 2.05) is 6.07 Å². The highest BCUT2D eigenvalue weighted by atomic mass is 35.5. The van der Waals surface area contributed by atoms with Crippen LogP contribution in [0.25, 0.3) is 0 Å². The second kappa shape index (κ2) is 4.95. The summed E-state index contributed by atoms with van der Waals surface area (Å²) in [6, 6.07) is 2.18. The van der Waals surface area contributed by atoms with Crippen molar-refractivity contribution in [2.45, 2.75) is 45.6 Å². The molecule has 0 aromatic carbocycles.